The number of hydrogen-bond acceptors (Lipinski definition) is 6. The topological polar surface area (TPSA) is 63.5 Å². The van der Waals surface area contributed by atoms with Crippen LogP contribution in [0.15, 0.2) is 48.8 Å². The first-order chi connectivity index (χ1) is 17.5. The molecule has 0 unspecified atom stereocenters. The number of thiophene rings is 1. The smallest absolute Gasteiger partial charge is 0.253 e. The summed E-state index contributed by atoms with van der Waals surface area (Å²) in [7, 11) is 2.06. The Kier molecular flexibility index (Phi) is 5.77. The molecule has 36 heavy (non-hydrogen) atoms. The predicted molar refractivity (Wildman–Crippen MR) is 133 cm³/mol. The number of ether oxygens (including phenoxy) is 1. The summed E-state index contributed by atoms with van der Waals surface area (Å²) in [5, 5.41) is 4.19. The third-order valence-corrected chi connectivity index (χ3v) is 7.81. The molecule has 4 aromatic rings. The fraction of sp³-hybridized carbons (Fsp3) is 0.269. The van der Waals surface area contributed by atoms with Crippen molar-refractivity contribution in [3.05, 3.63) is 71.6 Å². The first-order valence-electron chi connectivity index (χ1n) is 11.7. The van der Waals surface area contributed by atoms with E-state index in [9.17, 15) is 13.6 Å². The minimum atomic E-state index is -0.717. The molecule has 0 aliphatic carbocycles. The number of hydrogen-bond donors (Lipinski definition) is 0. The van der Waals surface area contributed by atoms with E-state index in [0.717, 1.165) is 45.8 Å². The van der Waals surface area contributed by atoms with E-state index in [1.807, 2.05) is 29.2 Å². The van der Waals surface area contributed by atoms with Gasteiger partial charge in [0.15, 0.2) is 11.6 Å². The molecule has 0 N–H and O–H groups in total. The Morgan fingerprint density at radius 2 is 1.89 bits per heavy atom. The second-order valence-corrected chi connectivity index (χ2v) is 10.0. The van der Waals surface area contributed by atoms with Crippen LogP contribution >= 0.6 is 11.3 Å². The van der Waals surface area contributed by atoms with Crippen molar-refractivity contribution in [2.24, 2.45) is 0 Å². The van der Waals surface area contributed by atoms with Gasteiger partial charge in [0.25, 0.3) is 5.91 Å². The molecule has 1 fully saturated rings. The maximum atomic E-state index is 14.5. The molecule has 6 rings (SSSR count). The largest absolute Gasteiger partial charge is 0.493 e. The van der Waals surface area contributed by atoms with Crippen molar-refractivity contribution in [2.75, 3.05) is 39.8 Å². The van der Waals surface area contributed by atoms with E-state index in [-0.39, 0.29) is 11.6 Å². The molecule has 0 radical (unpaired) electrons. The number of nitrogens with zero attached hydrogens (tertiary/aromatic N) is 5. The Morgan fingerprint density at radius 1 is 1.06 bits per heavy atom. The first kappa shape index (κ1) is 22.8. The molecule has 1 saturated heterocycles. The van der Waals surface area contributed by atoms with E-state index in [0.29, 0.717) is 37.5 Å². The van der Waals surface area contributed by atoms with Crippen LogP contribution in [0.2, 0.25) is 0 Å². The van der Waals surface area contributed by atoms with Gasteiger partial charge in [-0.15, -0.1) is 11.3 Å². The van der Waals surface area contributed by atoms with E-state index in [1.54, 1.807) is 0 Å². The molecule has 2 aromatic heterocycles. The van der Waals surface area contributed by atoms with Gasteiger partial charge < -0.3 is 14.5 Å². The van der Waals surface area contributed by atoms with Crippen molar-refractivity contribution in [2.45, 2.75) is 6.42 Å². The zero-order valence-electron chi connectivity index (χ0n) is 19.6. The molecule has 184 valence electrons. The van der Waals surface area contributed by atoms with Crippen molar-refractivity contribution in [3.63, 3.8) is 0 Å². The molecule has 2 aliphatic heterocycles. The second-order valence-electron chi connectivity index (χ2n) is 8.96. The van der Waals surface area contributed by atoms with E-state index in [2.05, 4.69) is 22.0 Å². The molecule has 10 heteroatoms. The zero-order valence-corrected chi connectivity index (χ0v) is 20.4. The quantitative estimate of drug-likeness (QED) is 0.415. The van der Waals surface area contributed by atoms with Gasteiger partial charge in [0.05, 0.1) is 11.5 Å². The van der Waals surface area contributed by atoms with Gasteiger partial charge in [-0.3, -0.25) is 4.79 Å². The number of rotatable bonds is 3. The highest BCUT2D eigenvalue weighted by Gasteiger charge is 2.25. The van der Waals surface area contributed by atoms with Crippen LogP contribution < -0.4 is 4.74 Å². The van der Waals surface area contributed by atoms with E-state index in [1.165, 1.54) is 34.5 Å². The van der Waals surface area contributed by atoms with Crippen LogP contribution in [0.4, 0.5) is 8.78 Å². The highest BCUT2D eigenvalue weighted by Crippen LogP contribution is 2.44. The van der Waals surface area contributed by atoms with Gasteiger partial charge in [-0.2, -0.15) is 5.10 Å². The van der Waals surface area contributed by atoms with Crippen molar-refractivity contribution in [3.8, 4) is 32.6 Å². The summed E-state index contributed by atoms with van der Waals surface area (Å²) in [4.78, 5) is 23.5. The van der Waals surface area contributed by atoms with Crippen LogP contribution in [-0.4, -0.2) is 70.3 Å². The first-order valence-corrected chi connectivity index (χ1v) is 12.5. The molecule has 0 bridgehead atoms. The lowest BCUT2D eigenvalue weighted by Gasteiger charge is -2.32. The summed E-state index contributed by atoms with van der Waals surface area (Å²) in [5.74, 6) is -0.168. The lowest BCUT2D eigenvalue weighted by atomic mass is 10.0. The highest BCUT2D eigenvalue weighted by molar-refractivity contribution is 7.19. The summed E-state index contributed by atoms with van der Waals surface area (Å²) in [6, 6.07) is 11.0. The van der Waals surface area contributed by atoms with Crippen molar-refractivity contribution < 1.29 is 18.3 Å². The summed E-state index contributed by atoms with van der Waals surface area (Å²) in [6.45, 7) is 3.61. The average Bonchev–Trinajstić information content (AvgIpc) is 3.48. The summed E-state index contributed by atoms with van der Waals surface area (Å²) in [6.07, 6.45) is 2.04. The summed E-state index contributed by atoms with van der Waals surface area (Å²) >= 11 is 1.49. The molecule has 4 heterocycles. The Balaban J connectivity index is 1.38. The van der Waals surface area contributed by atoms with Crippen molar-refractivity contribution in [1.82, 2.24) is 24.6 Å². The zero-order chi connectivity index (χ0) is 24.8. The number of aromatic nitrogens is 3. The number of likely N-dealkylation sites (N-methyl/N-ethyl adjacent to an activating group) is 1. The van der Waals surface area contributed by atoms with Crippen LogP contribution in [0.25, 0.3) is 26.8 Å². The Morgan fingerprint density at radius 3 is 2.69 bits per heavy atom. The van der Waals surface area contributed by atoms with Gasteiger partial charge >= 0.3 is 0 Å². The maximum absolute atomic E-state index is 14.5. The van der Waals surface area contributed by atoms with E-state index in [4.69, 9.17) is 4.74 Å². The Labute approximate surface area is 210 Å². The number of benzene rings is 2. The number of fused-ring (bicyclic) bond motifs is 3. The van der Waals surface area contributed by atoms with Crippen LogP contribution in [0.3, 0.4) is 0 Å². The fourth-order valence-corrected chi connectivity index (χ4v) is 5.83. The number of carbonyl (C=O) groups excluding carboxylic acids is 1. The lowest BCUT2D eigenvalue weighted by molar-refractivity contribution is 0.0664. The number of amides is 1. The minimum Gasteiger partial charge on any atom is -0.493 e. The van der Waals surface area contributed by atoms with Crippen LogP contribution in [0, 0.1) is 11.6 Å². The maximum Gasteiger partial charge on any atom is 0.253 e. The van der Waals surface area contributed by atoms with Gasteiger partial charge in [-0.25, -0.2) is 18.4 Å². The van der Waals surface area contributed by atoms with Crippen molar-refractivity contribution >= 4 is 17.2 Å². The van der Waals surface area contributed by atoms with Crippen LogP contribution in [-0.2, 0) is 6.42 Å². The van der Waals surface area contributed by atoms with E-state index < -0.39 is 11.6 Å². The molecule has 7 nitrogen and oxygen atoms in total. The SMILES string of the molecule is CN1CCN(C(=O)c2ccc3c(c2)-c2sc(-c4ncnn4-c4ccc(F)cc4F)cc2CCO3)CC1. The van der Waals surface area contributed by atoms with Gasteiger partial charge in [-0.1, -0.05) is 0 Å². The average molecular weight is 508 g/mol. The molecular formula is C26H23F2N5O2S. The second kappa shape index (κ2) is 9.11. The molecule has 0 saturated carbocycles. The van der Waals surface area contributed by atoms with Crippen molar-refractivity contribution in [1.29, 1.82) is 0 Å². The molecule has 0 spiro atoms. The Hall–Kier alpha value is -3.63. The highest BCUT2D eigenvalue weighted by atomic mass is 32.1. The van der Waals surface area contributed by atoms with Crippen LogP contribution in [0.5, 0.6) is 5.75 Å². The van der Waals surface area contributed by atoms with Gasteiger partial charge in [0, 0.05) is 54.7 Å². The van der Waals surface area contributed by atoms with E-state index >= 15 is 0 Å². The molecule has 0 atom stereocenters. The molecule has 1 amide bonds. The van der Waals surface area contributed by atoms with Crippen LogP contribution in [0.1, 0.15) is 15.9 Å². The summed E-state index contributed by atoms with van der Waals surface area (Å²) in [5.41, 5.74) is 2.67. The molecule has 2 aromatic carbocycles. The standard InChI is InChI=1S/C26H23F2N5O2S/c1-31-7-9-32(10-8-31)26(34)17-2-5-22-19(12-17)24-16(6-11-35-22)13-23(36-24)25-29-15-30-33(25)21-4-3-18(27)14-20(21)28/h2-5,12-15H,6-11H2,1H3. The number of piperazine rings is 1. The monoisotopic (exact) mass is 507 g/mol. The predicted octanol–water partition coefficient (Wildman–Crippen LogP) is 4.26. The summed E-state index contributed by atoms with van der Waals surface area (Å²) < 4.78 is 35.3. The number of carbonyl (C=O) groups is 1. The normalized spacial score (nSPS) is 15.7. The van der Waals surface area contributed by atoms with Gasteiger partial charge in [-0.05, 0) is 49.0 Å². The Bertz CT molecular complexity index is 1460. The van der Waals surface area contributed by atoms with Gasteiger partial charge in [0.1, 0.15) is 23.6 Å². The third-order valence-electron chi connectivity index (χ3n) is 6.61. The minimum absolute atomic E-state index is 0.0139. The third kappa shape index (κ3) is 4.06. The number of halogens is 2. The van der Waals surface area contributed by atoms with Gasteiger partial charge in [0.2, 0.25) is 0 Å². The lowest BCUT2D eigenvalue weighted by Crippen LogP contribution is -2.47. The molecular weight excluding hydrogens is 484 g/mol. The fourth-order valence-electron chi connectivity index (χ4n) is 4.62. The molecule has 2 aliphatic rings.